The molecule has 2 N–H and O–H groups in total. The molecular weight excluding hydrogens is 528 g/mol. The Bertz CT molecular complexity index is 1220. The quantitative estimate of drug-likeness (QED) is 0.269. The van der Waals surface area contributed by atoms with E-state index in [2.05, 4.69) is 0 Å². The zero-order chi connectivity index (χ0) is 25.8. The molecule has 1 aromatic heterocycles. The first-order chi connectivity index (χ1) is 16.4. The average molecular weight is 556 g/mol. The van der Waals surface area contributed by atoms with Crippen LogP contribution in [0.2, 0.25) is 10.0 Å². The number of carbonyl (C=O) groups is 1. The van der Waals surface area contributed by atoms with Crippen LogP contribution in [0.3, 0.4) is 0 Å². The topological polar surface area (TPSA) is 96.4 Å². The van der Waals surface area contributed by atoms with Crippen molar-refractivity contribution in [2.45, 2.75) is 42.8 Å². The highest BCUT2D eigenvalue weighted by atomic mass is 35.5. The van der Waals surface area contributed by atoms with Gasteiger partial charge in [-0.1, -0.05) is 60.9 Å². The highest BCUT2D eigenvalue weighted by Crippen LogP contribution is 2.38. The van der Waals surface area contributed by atoms with E-state index in [-0.39, 0.29) is 18.9 Å². The van der Waals surface area contributed by atoms with Crippen molar-refractivity contribution in [3.8, 4) is 5.75 Å². The van der Waals surface area contributed by atoms with E-state index in [1.165, 1.54) is 11.8 Å². The van der Waals surface area contributed by atoms with Gasteiger partial charge in [0.2, 0.25) is 0 Å². The van der Waals surface area contributed by atoms with Gasteiger partial charge in [-0.05, 0) is 55.1 Å². The maximum atomic E-state index is 11.9. The summed E-state index contributed by atoms with van der Waals surface area (Å²) in [5.74, 6) is 1.32. The molecule has 0 fully saturated rings. The van der Waals surface area contributed by atoms with Gasteiger partial charge < -0.3 is 24.3 Å². The molecule has 1 amide bonds. The minimum absolute atomic E-state index is 0.0601. The van der Waals surface area contributed by atoms with E-state index in [1.807, 2.05) is 54.8 Å². The van der Waals surface area contributed by atoms with Crippen molar-refractivity contribution >= 4 is 48.2 Å². The molecule has 0 saturated heterocycles. The van der Waals surface area contributed by atoms with Gasteiger partial charge in [0, 0.05) is 21.5 Å². The Kier molecular flexibility index (Phi) is 9.22. The van der Waals surface area contributed by atoms with Crippen molar-refractivity contribution in [3.05, 3.63) is 69.6 Å². The van der Waals surface area contributed by atoms with Crippen molar-refractivity contribution in [1.82, 2.24) is 9.55 Å². The maximum Gasteiger partial charge on any atom is 0.404 e. The largest absolute Gasteiger partial charge is 0.486 e. The van der Waals surface area contributed by atoms with Gasteiger partial charge in [0.25, 0.3) is 0 Å². The molecule has 0 spiro atoms. The summed E-state index contributed by atoms with van der Waals surface area (Å²) >= 11 is 13.9. The molecular formula is C24H28Cl2N3O4PS. The molecule has 0 bridgehead atoms. The minimum Gasteiger partial charge on any atom is -0.486 e. The number of primary amides is 1. The molecule has 7 nitrogen and oxygen atoms in total. The SMILES string of the molecule is CC(C)c1nc(COC(N)=O)n(Cc2ccc(OCP(C)(C)=O)cc2)c1Sc1cc(Cl)cc(Cl)c1. The molecule has 0 radical (unpaired) electrons. The van der Waals surface area contributed by atoms with Crippen LogP contribution in [0.1, 0.15) is 36.8 Å². The van der Waals surface area contributed by atoms with Gasteiger partial charge in [0.05, 0.1) is 5.69 Å². The third-order valence-electron chi connectivity index (χ3n) is 4.77. The lowest BCUT2D eigenvalue weighted by Crippen LogP contribution is -2.15. The van der Waals surface area contributed by atoms with Gasteiger partial charge in [-0.15, -0.1) is 0 Å². The first kappa shape index (κ1) is 27.5. The van der Waals surface area contributed by atoms with Crippen molar-refractivity contribution in [3.63, 3.8) is 0 Å². The van der Waals surface area contributed by atoms with Crippen LogP contribution in [0.4, 0.5) is 4.79 Å². The van der Waals surface area contributed by atoms with Crippen LogP contribution >= 0.6 is 42.1 Å². The second kappa shape index (κ2) is 11.7. The molecule has 0 aliphatic heterocycles. The van der Waals surface area contributed by atoms with Gasteiger partial charge in [-0.3, -0.25) is 0 Å². The average Bonchev–Trinajstić information content (AvgIpc) is 3.08. The smallest absolute Gasteiger partial charge is 0.404 e. The van der Waals surface area contributed by atoms with Crippen LogP contribution in [0.25, 0.3) is 0 Å². The second-order valence-corrected chi connectivity index (χ2v) is 14.1. The third-order valence-corrected chi connectivity index (χ3v) is 7.05. The van der Waals surface area contributed by atoms with Gasteiger partial charge in [-0.25, -0.2) is 9.78 Å². The molecule has 1 heterocycles. The molecule has 0 atom stereocenters. The summed E-state index contributed by atoms with van der Waals surface area (Å²) in [6, 6.07) is 12.9. The normalized spacial score (nSPS) is 11.6. The minimum atomic E-state index is -2.28. The van der Waals surface area contributed by atoms with Crippen molar-refractivity contribution in [2.75, 3.05) is 19.7 Å². The molecule has 3 rings (SSSR count). The van der Waals surface area contributed by atoms with Crippen LogP contribution in [0, 0.1) is 0 Å². The third kappa shape index (κ3) is 8.21. The Morgan fingerprint density at radius 3 is 2.31 bits per heavy atom. The van der Waals surface area contributed by atoms with Crippen molar-refractivity contribution in [2.24, 2.45) is 5.73 Å². The zero-order valence-electron chi connectivity index (χ0n) is 20.0. The maximum absolute atomic E-state index is 11.9. The van der Waals surface area contributed by atoms with E-state index < -0.39 is 13.2 Å². The summed E-state index contributed by atoms with van der Waals surface area (Å²) in [6.45, 7) is 7.88. The van der Waals surface area contributed by atoms with Crippen LogP contribution in [0.5, 0.6) is 5.75 Å². The Labute approximate surface area is 219 Å². The number of benzene rings is 2. The highest BCUT2D eigenvalue weighted by molar-refractivity contribution is 7.99. The standard InChI is InChI=1S/C24H28Cl2N3O4PS/c1-15(2)22-23(35-20-10-17(25)9-18(26)11-20)29(21(28-22)13-32-24(27)30)12-16-5-7-19(8-6-16)33-14-34(3,4)31/h5-11,15H,12-14H2,1-4H3,(H2,27,30). The molecule has 3 aromatic rings. The Balaban J connectivity index is 1.98. The Morgan fingerprint density at radius 1 is 1.14 bits per heavy atom. The van der Waals surface area contributed by atoms with Crippen LogP contribution in [-0.2, 0) is 22.5 Å². The molecule has 0 unspecified atom stereocenters. The second-order valence-electron chi connectivity index (χ2n) is 8.77. The summed E-state index contributed by atoms with van der Waals surface area (Å²) in [5.41, 5.74) is 7.05. The predicted molar refractivity (Wildman–Crippen MR) is 142 cm³/mol. The van der Waals surface area contributed by atoms with Crippen LogP contribution in [-0.4, -0.2) is 35.3 Å². The summed E-state index contributed by atoms with van der Waals surface area (Å²) in [7, 11) is -2.28. The zero-order valence-corrected chi connectivity index (χ0v) is 23.2. The first-order valence-corrected chi connectivity index (χ1v) is 15.2. The monoisotopic (exact) mass is 555 g/mol. The number of rotatable bonds is 10. The fraction of sp³-hybridized carbons (Fsp3) is 0.333. The van der Waals surface area contributed by atoms with Crippen molar-refractivity contribution in [1.29, 1.82) is 0 Å². The molecule has 0 aliphatic carbocycles. The van der Waals surface area contributed by atoms with Gasteiger partial charge in [0.15, 0.2) is 6.61 Å². The molecule has 11 heteroatoms. The summed E-state index contributed by atoms with van der Waals surface area (Å²) in [4.78, 5) is 16.9. The number of ether oxygens (including phenoxy) is 2. The number of amides is 1. The number of imidazole rings is 1. The predicted octanol–water partition coefficient (Wildman–Crippen LogP) is 7.07. The van der Waals surface area contributed by atoms with Crippen LogP contribution in [0.15, 0.2) is 52.4 Å². The fourth-order valence-electron chi connectivity index (χ4n) is 3.20. The van der Waals surface area contributed by atoms with E-state index in [0.717, 1.165) is 21.2 Å². The number of hydrogen-bond donors (Lipinski definition) is 1. The van der Waals surface area contributed by atoms with E-state index in [1.54, 1.807) is 19.4 Å². The van der Waals surface area contributed by atoms with E-state index in [9.17, 15) is 9.36 Å². The number of nitrogens with two attached hydrogens (primary N) is 1. The Hall–Kier alpha value is -2.12. The number of aromatic nitrogens is 2. The Morgan fingerprint density at radius 2 is 1.77 bits per heavy atom. The number of nitrogens with zero attached hydrogens (tertiary/aromatic N) is 2. The van der Waals surface area contributed by atoms with Gasteiger partial charge in [-0.2, -0.15) is 0 Å². The molecule has 2 aromatic carbocycles. The number of hydrogen-bond acceptors (Lipinski definition) is 6. The first-order valence-electron chi connectivity index (χ1n) is 10.8. The molecule has 0 aliphatic rings. The van der Waals surface area contributed by atoms with Gasteiger partial charge >= 0.3 is 6.09 Å². The molecule has 0 saturated carbocycles. The summed E-state index contributed by atoms with van der Waals surface area (Å²) in [6.07, 6.45) is -0.685. The van der Waals surface area contributed by atoms with Crippen LogP contribution < -0.4 is 10.5 Å². The van der Waals surface area contributed by atoms with E-state index in [4.69, 9.17) is 43.4 Å². The summed E-state index contributed by atoms with van der Waals surface area (Å²) in [5, 5.41) is 1.96. The molecule has 35 heavy (non-hydrogen) atoms. The van der Waals surface area contributed by atoms with E-state index in [0.29, 0.717) is 28.2 Å². The lowest BCUT2D eigenvalue weighted by atomic mass is 10.1. The highest BCUT2D eigenvalue weighted by Gasteiger charge is 2.22. The lowest BCUT2D eigenvalue weighted by molar-refractivity contribution is 0.145. The van der Waals surface area contributed by atoms with E-state index >= 15 is 0 Å². The lowest BCUT2D eigenvalue weighted by Gasteiger charge is -2.15. The molecule has 188 valence electrons. The number of carbonyl (C=O) groups excluding carboxylic acids is 1. The van der Waals surface area contributed by atoms with Crippen molar-refractivity contribution < 1.29 is 18.8 Å². The van der Waals surface area contributed by atoms with Gasteiger partial charge in [0.1, 0.15) is 30.1 Å². The number of halogens is 2. The summed E-state index contributed by atoms with van der Waals surface area (Å²) < 4.78 is 24.7. The fourth-order valence-corrected chi connectivity index (χ4v) is 5.57.